The smallest absolute Gasteiger partial charge is 0.323 e. The number of alkyl halides is 3. The van der Waals surface area contributed by atoms with E-state index in [4.69, 9.17) is 11.6 Å². The first-order valence-corrected chi connectivity index (χ1v) is 9.11. The lowest BCUT2D eigenvalue weighted by Gasteiger charge is -2.15. The summed E-state index contributed by atoms with van der Waals surface area (Å²) < 4.78 is 41.7. The summed E-state index contributed by atoms with van der Waals surface area (Å²) in [6.07, 6.45) is -0.948. The maximum absolute atomic E-state index is 13.1. The number of carbonyl (C=O) groups excluding carboxylic acids is 1. The molecular weight excluding hydrogens is 437 g/mol. The Morgan fingerprint density at radius 3 is 2.65 bits per heavy atom. The summed E-state index contributed by atoms with van der Waals surface area (Å²) in [6.45, 7) is -0.471. The lowest BCUT2D eigenvalue weighted by Crippen LogP contribution is -2.28. The molecule has 0 saturated carbocycles. The van der Waals surface area contributed by atoms with E-state index in [1.807, 2.05) is 0 Å². The zero-order valence-electron chi connectivity index (χ0n) is 15.5. The average Bonchev–Trinajstić information content (AvgIpc) is 3.24. The van der Waals surface area contributed by atoms with Gasteiger partial charge in [-0.15, -0.1) is 0 Å². The van der Waals surface area contributed by atoms with E-state index in [0.29, 0.717) is 10.5 Å². The van der Waals surface area contributed by atoms with E-state index in [0.717, 1.165) is 16.7 Å². The highest BCUT2D eigenvalue weighted by Gasteiger charge is 2.31. The summed E-state index contributed by atoms with van der Waals surface area (Å²) in [5.41, 5.74) is -1.03. The lowest BCUT2D eigenvalue weighted by molar-refractivity contribution is -0.137. The fraction of sp³-hybridized carbons (Fsp3) is 0.105. The van der Waals surface area contributed by atoms with Gasteiger partial charge >= 0.3 is 6.18 Å². The van der Waals surface area contributed by atoms with Crippen LogP contribution < -0.4 is 10.9 Å². The van der Waals surface area contributed by atoms with Crippen molar-refractivity contribution in [2.45, 2.75) is 12.7 Å². The van der Waals surface area contributed by atoms with Crippen molar-refractivity contribution in [3.63, 3.8) is 0 Å². The van der Waals surface area contributed by atoms with Crippen molar-refractivity contribution in [2.75, 3.05) is 5.32 Å². The molecule has 1 amide bonds. The van der Waals surface area contributed by atoms with Crippen molar-refractivity contribution in [3.8, 4) is 5.69 Å². The van der Waals surface area contributed by atoms with Gasteiger partial charge in [-0.25, -0.2) is 14.6 Å². The minimum Gasteiger partial charge on any atom is -0.323 e. The van der Waals surface area contributed by atoms with E-state index >= 15 is 0 Å². The van der Waals surface area contributed by atoms with Crippen molar-refractivity contribution in [1.29, 1.82) is 0 Å². The number of carbonyl (C=O) groups is 1. The zero-order valence-corrected chi connectivity index (χ0v) is 16.2. The highest BCUT2D eigenvalue weighted by atomic mass is 35.5. The summed E-state index contributed by atoms with van der Waals surface area (Å²) in [5, 5.41) is 6.83. The standard InChI is InChI=1S/C19H12ClF3N6O2/c20-12-2-3-14-13(6-12)18(31)28(10-25-14)7-17(30)27-15-5-11(19(21,22)23)1-4-16(15)29-9-24-8-26-29/h1-6,8-10H,7H2,(H,27,30). The van der Waals surface area contributed by atoms with Crippen LogP contribution in [0, 0.1) is 0 Å². The third-order valence-corrected chi connectivity index (χ3v) is 4.60. The second-order valence-electron chi connectivity index (χ2n) is 6.46. The predicted octanol–water partition coefficient (Wildman–Crippen LogP) is 3.29. The predicted molar refractivity (Wildman–Crippen MR) is 106 cm³/mol. The number of amides is 1. The normalized spacial score (nSPS) is 11.6. The molecule has 0 aliphatic carbocycles. The molecule has 0 bridgehead atoms. The van der Waals surface area contributed by atoms with Gasteiger partial charge in [-0.05, 0) is 36.4 Å². The first-order chi connectivity index (χ1) is 14.7. The van der Waals surface area contributed by atoms with Crippen LogP contribution in [0.15, 0.2) is 60.2 Å². The van der Waals surface area contributed by atoms with Crippen LogP contribution in [0.25, 0.3) is 16.6 Å². The summed E-state index contributed by atoms with van der Waals surface area (Å²) in [4.78, 5) is 33.0. The molecule has 2 aromatic carbocycles. The van der Waals surface area contributed by atoms with Gasteiger partial charge in [-0.3, -0.25) is 14.2 Å². The van der Waals surface area contributed by atoms with Gasteiger partial charge in [0.1, 0.15) is 19.2 Å². The first kappa shape index (κ1) is 20.5. The number of anilines is 1. The number of nitrogens with zero attached hydrogens (tertiary/aromatic N) is 5. The Morgan fingerprint density at radius 1 is 1.13 bits per heavy atom. The van der Waals surface area contributed by atoms with Gasteiger partial charge in [0, 0.05) is 5.02 Å². The molecule has 31 heavy (non-hydrogen) atoms. The van der Waals surface area contributed by atoms with Gasteiger partial charge in [-0.1, -0.05) is 11.6 Å². The van der Waals surface area contributed by atoms with E-state index < -0.39 is 29.8 Å². The Morgan fingerprint density at radius 2 is 1.94 bits per heavy atom. The maximum atomic E-state index is 13.1. The van der Waals surface area contributed by atoms with E-state index in [-0.39, 0.29) is 16.8 Å². The number of rotatable bonds is 4. The van der Waals surface area contributed by atoms with Gasteiger partial charge < -0.3 is 5.32 Å². The van der Waals surface area contributed by atoms with Gasteiger partial charge in [0.05, 0.1) is 34.2 Å². The molecule has 2 heterocycles. The monoisotopic (exact) mass is 448 g/mol. The molecule has 0 spiro atoms. The molecular formula is C19H12ClF3N6O2. The first-order valence-electron chi connectivity index (χ1n) is 8.73. The third kappa shape index (κ3) is 4.26. The van der Waals surface area contributed by atoms with Crippen LogP contribution in [0.5, 0.6) is 0 Å². The Balaban J connectivity index is 1.66. The van der Waals surface area contributed by atoms with Crippen LogP contribution >= 0.6 is 11.6 Å². The SMILES string of the molecule is O=C(Cn1cnc2ccc(Cl)cc2c1=O)Nc1cc(C(F)(F)F)ccc1-n1cncn1. The second-order valence-corrected chi connectivity index (χ2v) is 6.89. The minimum atomic E-state index is -4.61. The van der Waals surface area contributed by atoms with E-state index in [1.165, 1.54) is 35.8 Å². The fourth-order valence-corrected chi connectivity index (χ4v) is 3.11. The summed E-state index contributed by atoms with van der Waals surface area (Å²) in [5.74, 6) is -0.731. The number of hydrogen-bond acceptors (Lipinski definition) is 5. The Labute approximate surface area is 176 Å². The molecule has 4 rings (SSSR count). The number of aromatic nitrogens is 5. The quantitative estimate of drug-likeness (QED) is 0.517. The Hall–Kier alpha value is -3.73. The Kier molecular flexibility index (Phi) is 5.19. The van der Waals surface area contributed by atoms with Crippen LogP contribution in [-0.4, -0.2) is 30.2 Å². The van der Waals surface area contributed by atoms with E-state index in [9.17, 15) is 22.8 Å². The largest absolute Gasteiger partial charge is 0.416 e. The number of fused-ring (bicyclic) bond motifs is 1. The lowest BCUT2D eigenvalue weighted by atomic mass is 10.1. The zero-order chi connectivity index (χ0) is 22.2. The average molecular weight is 449 g/mol. The second kappa shape index (κ2) is 7.84. The molecule has 0 unspecified atom stereocenters. The topological polar surface area (TPSA) is 94.7 Å². The number of benzene rings is 2. The van der Waals surface area contributed by atoms with Crippen LogP contribution in [-0.2, 0) is 17.5 Å². The van der Waals surface area contributed by atoms with Crippen molar-refractivity contribution < 1.29 is 18.0 Å². The molecule has 4 aromatic rings. The summed E-state index contributed by atoms with van der Waals surface area (Å²) >= 11 is 5.91. The van der Waals surface area contributed by atoms with Crippen LogP contribution in [0.2, 0.25) is 5.02 Å². The van der Waals surface area contributed by atoms with Gasteiger partial charge in [-0.2, -0.15) is 18.3 Å². The molecule has 1 N–H and O–H groups in total. The number of nitrogens with one attached hydrogen (secondary N) is 1. The summed E-state index contributed by atoms with van der Waals surface area (Å²) in [6, 6.07) is 7.39. The van der Waals surface area contributed by atoms with Gasteiger partial charge in [0.15, 0.2) is 0 Å². The van der Waals surface area contributed by atoms with Gasteiger partial charge in [0.25, 0.3) is 5.56 Å². The molecule has 0 fully saturated rings. The highest BCUT2D eigenvalue weighted by Crippen LogP contribution is 2.33. The highest BCUT2D eigenvalue weighted by molar-refractivity contribution is 6.31. The van der Waals surface area contributed by atoms with E-state index in [2.05, 4.69) is 20.4 Å². The van der Waals surface area contributed by atoms with E-state index in [1.54, 1.807) is 12.1 Å². The molecule has 0 atom stereocenters. The van der Waals surface area contributed by atoms with Crippen molar-refractivity contribution >= 4 is 34.1 Å². The minimum absolute atomic E-state index is 0.143. The fourth-order valence-electron chi connectivity index (χ4n) is 2.93. The van der Waals surface area contributed by atoms with Crippen molar-refractivity contribution in [3.05, 3.63) is 76.3 Å². The molecule has 0 aliphatic rings. The van der Waals surface area contributed by atoms with Crippen molar-refractivity contribution in [1.82, 2.24) is 24.3 Å². The number of halogens is 4. The molecule has 0 saturated heterocycles. The van der Waals surface area contributed by atoms with Crippen molar-refractivity contribution in [2.24, 2.45) is 0 Å². The molecule has 158 valence electrons. The van der Waals surface area contributed by atoms with Crippen LogP contribution in [0.1, 0.15) is 5.56 Å². The Bertz CT molecular complexity index is 1330. The number of hydrogen-bond donors (Lipinski definition) is 1. The summed E-state index contributed by atoms with van der Waals surface area (Å²) in [7, 11) is 0. The molecule has 2 aromatic heterocycles. The third-order valence-electron chi connectivity index (χ3n) is 4.36. The van der Waals surface area contributed by atoms with Gasteiger partial charge in [0.2, 0.25) is 5.91 Å². The maximum Gasteiger partial charge on any atom is 0.416 e. The molecule has 0 radical (unpaired) electrons. The van der Waals surface area contributed by atoms with Crippen LogP contribution in [0.3, 0.4) is 0 Å². The molecule has 8 nitrogen and oxygen atoms in total. The molecule has 0 aliphatic heterocycles. The van der Waals surface area contributed by atoms with Crippen LogP contribution in [0.4, 0.5) is 18.9 Å². The molecule has 12 heteroatoms.